The molecule has 2 heterocycles. The van der Waals surface area contributed by atoms with Gasteiger partial charge in [0.15, 0.2) is 0 Å². The molecule has 1 N–H and O–H groups in total. The minimum absolute atomic E-state index is 0.797. The number of hydrogen-bond donors (Lipinski definition) is 1. The summed E-state index contributed by atoms with van der Waals surface area (Å²) in [6.07, 6.45) is 0. The third-order valence-electron chi connectivity index (χ3n) is 3.30. The number of para-hydroxylation sites is 1. The monoisotopic (exact) mass is 324 g/mol. The zero-order valence-electron chi connectivity index (χ0n) is 10.3. The lowest BCUT2D eigenvalue weighted by Gasteiger charge is -2.05. The summed E-state index contributed by atoms with van der Waals surface area (Å²) in [4.78, 5) is 4.74. The molecule has 0 aliphatic carbocycles. The lowest BCUT2D eigenvalue weighted by Crippen LogP contribution is -1.89. The fourth-order valence-electron chi connectivity index (χ4n) is 2.35. The molecule has 0 spiro atoms. The van der Waals surface area contributed by atoms with Gasteiger partial charge in [0.1, 0.15) is 11.2 Å². The Balaban J connectivity index is 2.11. The summed E-state index contributed by atoms with van der Waals surface area (Å²) in [6, 6.07) is 16.0. The molecule has 5 heteroatoms. The first-order valence-electron chi connectivity index (χ1n) is 6.18. The van der Waals surface area contributed by atoms with E-state index in [9.17, 15) is 0 Å². The van der Waals surface area contributed by atoms with Gasteiger partial charge in [-0.15, -0.1) is 5.10 Å². The van der Waals surface area contributed by atoms with Crippen molar-refractivity contribution >= 4 is 37.9 Å². The van der Waals surface area contributed by atoms with Gasteiger partial charge in [0.05, 0.1) is 11.0 Å². The van der Waals surface area contributed by atoms with E-state index in [-0.39, 0.29) is 0 Å². The van der Waals surface area contributed by atoms with Gasteiger partial charge >= 0.3 is 0 Å². The van der Waals surface area contributed by atoms with Gasteiger partial charge in [0.2, 0.25) is 0 Å². The molecular formula is C15H9BrN4. The van der Waals surface area contributed by atoms with Crippen LogP contribution in [0.4, 0.5) is 0 Å². The molecule has 0 fully saturated rings. The molecule has 2 aromatic heterocycles. The number of hydrogen-bond acceptors (Lipinski definition) is 3. The van der Waals surface area contributed by atoms with Crippen LogP contribution in [0, 0.1) is 0 Å². The van der Waals surface area contributed by atoms with Crippen LogP contribution in [0.25, 0.3) is 33.2 Å². The average molecular weight is 325 g/mol. The SMILES string of the molecule is Brc1ccc(-c2nc3ccccc3c3[nH]nnc23)cc1. The van der Waals surface area contributed by atoms with Crippen LogP contribution >= 0.6 is 15.9 Å². The topological polar surface area (TPSA) is 54.5 Å². The Bertz CT molecular complexity index is 912. The molecule has 0 amide bonds. The summed E-state index contributed by atoms with van der Waals surface area (Å²) < 4.78 is 1.04. The Kier molecular flexibility index (Phi) is 2.53. The predicted octanol–water partition coefficient (Wildman–Crippen LogP) is 3.94. The van der Waals surface area contributed by atoms with E-state index in [1.54, 1.807) is 0 Å². The quantitative estimate of drug-likeness (QED) is 0.577. The maximum atomic E-state index is 4.74. The van der Waals surface area contributed by atoms with Crippen molar-refractivity contribution in [1.82, 2.24) is 20.4 Å². The molecule has 0 saturated carbocycles. The van der Waals surface area contributed by atoms with E-state index in [0.29, 0.717) is 0 Å². The molecule has 2 aromatic carbocycles. The average Bonchev–Trinajstić information content (AvgIpc) is 2.97. The van der Waals surface area contributed by atoms with Crippen molar-refractivity contribution in [3.63, 3.8) is 0 Å². The molecule has 4 rings (SSSR count). The van der Waals surface area contributed by atoms with Crippen LogP contribution < -0.4 is 0 Å². The third-order valence-corrected chi connectivity index (χ3v) is 3.82. The van der Waals surface area contributed by atoms with Crippen LogP contribution in [-0.2, 0) is 0 Å². The molecule has 96 valence electrons. The molecule has 0 saturated heterocycles. The Morgan fingerprint density at radius 3 is 2.60 bits per heavy atom. The highest BCUT2D eigenvalue weighted by Crippen LogP contribution is 2.30. The number of aromatic nitrogens is 4. The van der Waals surface area contributed by atoms with Crippen molar-refractivity contribution in [2.45, 2.75) is 0 Å². The highest BCUT2D eigenvalue weighted by Gasteiger charge is 2.12. The Morgan fingerprint density at radius 2 is 1.75 bits per heavy atom. The smallest absolute Gasteiger partial charge is 0.139 e. The van der Waals surface area contributed by atoms with Crippen LogP contribution in [-0.4, -0.2) is 20.4 Å². The van der Waals surface area contributed by atoms with Crippen molar-refractivity contribution in [3.05, 3.63) is 53.0 Å². The minimum atomic E-state index is 0.797. The molecule has 4 aromatic rings. The van der Waals surface area contributed by atoms with Gasteiger partial charge in [-0.25, -0.2) is 4.98 Å². The fraction of sp³-hybridized carbons (Fsp3) is 0. The van der Waals surface area contributed by atoms with Gasteiger partial charge in [-0.3, -0.25) is 5.10 Å². The summed E-state index contributed by atoms with van der Waals surface area (Å²) in [6.45, 7) is 0. The van der Waals surface area contributed by atoms with Crippen LogP contribution in [0.15, 0.2) is 53.0 Å². The first-order chi connectivity index (χ1) is 9.83. The van der Waals surface area contributed by atoms with E-state index < -0.39 is 0 Å². The molecule has 20 heavy (non-hydrogen) atoms. The number of fused-ring (bicyclic) bond motifs is 3. The van der Waals surface area contributed by atoms with E-state index in [0.717, 1.165) is 37.7 Å². The second-order valence-electron chi connectivity index (χ2n) is 4.52. The number of halogens is 1. The molecule has 4 nitrogen and oxygen atoms in total. The van der Waals surface area contributed by atoms with Gasteiger partial charge in [0, 0.05) is 15.4 Å². The maximum Gasteiger partial charge on any atom is 0.139 e. The highest BCUT2D eigenvalue weighted by atomic mass is 79.9. The van der Waals surface area contributed by atoms with E-state index in [1.807, 2.05) is 48.5 Å². The van der Waals surface area contributed by atoms with E-state index in [4.69, 9.17) is 4.98 Å². The number of nitrogens with one attached hydrogen (secondary N) is 1. The zero-order valence-corrected chi connectivity index (χ0v) is 11.9. The normalized spacial score (nSPS) is 11.2. The van der Waals surface area contributed by atoms with Crippen LogP contribution in [0.2, 0.25) is 0 Å². The van der Waals surface area contributed by atoms with E-state index >= 15 is 0 Å². The van der Waals surface area contributed by atoms with Crippen LogP contribution in [0.1, 0.15) is 0 Å². The van der Waals surface area contributed by atoms with E-state index in [2.05, 4.69) is 31.3 Å². The van der Waals surface area contributed by atoms with Gasteiger partial charge in [-0.05, 0) is 18.2 Å². The standard InChI is InChI=1S/C15H9BrN4/c16-10-7-5-9(6-8-10)13-15-14(18-20-19-15)11-3-1-2-4-12(11)17-13/h1-8H,(H,18,19,20). The van der Waals surface area contributed by atoms with Crippen LogP contribution in [0.5, 0.6) is 0 Å². The van der Waals surface area contributed by atoms with Gasteiger partial charge < -0.3 is 0 Å². The highest BCUT2D eigenvalue weighted by molar-refractivity contribution is 9.10. The number of aromatic amines is 1. The lowest BCUT2D eigenvalue weighted by atomic mass is 10.1. The van der Waals surface area contributed by atoms with Crippen molar-refractivity contribution < 1.29 is 0 Å². The summed E-state index contributed by atoms with van der Waals surface area (Å²) in [5, 5.41) is 12.1. The molecule has 0 aliphatic rings. The minimum Gasteiger partial charge on any atom is -0.257 e. The molecule has 0 radical (unpaired) electrons. The van der Waals surface area contributed by atoms with Gasteiger partial charge in [-0.2, -0.15) is 0 Å². The van der Waals surface area contributed by atoms with Gasteiger partial charge in [-0.1, -0.05) is 51.5 Å². The lowest BCUT2D eigenvalue weighted by molar-refractivity contribution is 0.960. The Morgan fingerprint density at radius 1 is 0.950 bits per heavy atom. The van der Waals surface area contributed by atoms with Crippen molar-refractivity contribution in [3.8, 4) is 11.3 Å². The molecule has 0 bridgehead atoms. The zero-order chi connectivity index (χ0) is 13.5. The van der Waals surface area contributed by atoms with Gasteiger partial charge in [0.25, 0.3) is 0 Å². The summed E-state index contributed by atoms with van der Waals surface area (Å²) in [7, 11) is 0. The second-order valence-corrected chi connectivity index (χ2v) is 5.44. The third kappa shape index (κ3) is 1.71. The first-order valence-corrected chi connectivity index (χ1v) is 6.98. The summed E-state index contributed by atoms with van der Waals surface area (Å²) in [5.41, 5.74) is 4.53. The molecule has 0 atom stereocenters. The first kappa shape index (κ1) is 11.5. The van der Waals surface area contributed by atoms with Crippen LogP contribution in [0.3, 0.4) is 0 Å². The largest absolute Gasteiger partial charge is 0.257 e. The number of pyridine rings is 1. The maximum absolute atomic E-state index is 4.74. The number of H-pyrrole nitrogens is 1. The number of benzene rings is 2. The second kappa shape index (κ2) is 4.38. The molecule has 0 unspecified atom stereocenters. The molecular weight excluding hydrogens is 316 g/mol. The summed E-state index contributed by atoms with van der Waals surface area (Å²) in [5.74, 6) is 0. The van der Waals surface area contributed by atoms with Crippen molar-refractivity contribution in [2.24, 2.45) is 0 Å². The van der Waals surface area contributed by atoms with Crippen molar-refractivity contribution in [1.29, 1.82) is 0 Å². The predicted molar refractivity (Wildman–Crippen MR) is 82.3 cm³/mol. The Labute approximate surface area is 123 Å². The van der Waals surface area contributed by atoms with E-state index in [1.165, 1.54) is 0 Å². The fourth-order valence-corrected chi connectivity index (χ4v) is 2.61. The summed E-state index contributed by atoms with van der Waals surface area (Å²) >= 11 is 3.45. The van der Waals surface area contributed by atoms with Crippen molar-refractivity contribution in [2.75, 3.05) is 0 Å². The molecule has 0 aliphatic heterocycles. The number of nitrogens with zero attached hydrogens (tertiary/aromatic N) is 3. The Hall–Kier alpha value is -2.27. The number of rotatable bonds is 1.